The van der Waals surface area contributed by atoms with Crippen molar-refractivity contribution in [3.8, 4) is 11.3 Å². The minimum absolute atomic E-state index is 0.748. The van der Waals surface area contributed by atoms with Crippen molar-refractivity contribution in [2.24, 2.45) is 5.10 Å². The molecule has 0 bridgehead atoms. The second kappa shape index (κ2) is 5.45. The molecule has 0 aliphatic rings. The van der Waals surface area contributed by atoms with E-state index in [1.165, 1.54) is 17.7 Å². The van der Waals surface area contributed by atoms with Gasteiger partial charge in [-0.05, 0) is 24.3 Å². The zero-order valence-electron chi connectivity index (χ0n) is 9.85. The Bertz CT molecular complexity index is 645. The standard InChI is InChI=1S/C13H10N4OS/c1-3-11(17-16-8-13-15-5-6-19-13)4-2-10(1)12-7-14-9-18-12/h1-9,17H/b16-8+. The lowest BCUT2D eigenvalue weighted by Gasteiger charge is -2.00. The smallest absolute Gasteiger partial charge is 0.181 e. The molecule has 1 aromatic carbocycles. The van der Waals surface area contributed by atoms with Crippen molar-refractivity contribution in [3.63, 3.8) is 0 Å². The molecule has 1 N–H and O–H groups in total. The molecule has 6 heteroatoms. The van der Waals surface area contributed by atoms with Gasteiger partial charge in [0.15, 0.2) is 12.2 Å². The lowest BCUT2D eigenvalue weighted by Crippen LogP contribution is -1.89. The number of rotatable bonds is 4. The first-order valence-corrected chi connectivity index (χ1v) is 6.47. The van der Waals surface area contributed by atoms with E-state index in [1.54, 1.807) is 18.6 Å². The van der Waals surface area contributed by atoms with Crippen molar-refractivity contribution in [2.75, 3.05) is 5.43 Å². The van der Waals surface area contributed by atoms with Crippen LogP contribution in [-0.4, -0.2) is 16.2 Å². The third-order valence-corrected chi connectivity index (χ3v) is 3.13. The first kappa shape index (κ1) is 11.6. The van der Waals surface area contributed by atoms with Gasteiger partial charge >= 0.3 is 0 Å². The van der Waals surface area contributed by atoms with Crippen LogP contribution in [0.3, 0.4) is 0 Å². The number of thiazole rings is 1. The highest BCUT2D eigenvalue weighted by Gasteiger charge is 2.00. The van der Waals surface area contributed by atoms with Gasteiger partial charge in [-0.1, -0.05) is 0 Å². The summed E-state index contributed by atoms with van der Waals surface area (Å²) in [5.41, 5.74) is 4.82. The van der Waals surface area contributed by atoms with Crippen LogP contribution >= 0.6 is 11.3 Å². The van der Waals surface area contributed by atoms with Gasteiger partial charge < -0.3 is 4.42 Å². The van der Waals surface area contributed by atoms with E-state index in [0.717, 1.165) is 22.0 Å². The average Bonchev–Trinajstić information content (AvgIpc) is 3.13. The van der Waals surface area contributed by atoms with Gasteiger partial charge in [-0.3, -0.25) is 5.43 Å². The molecule has 94 valence electrons. The van der Waals surface area contributed by atoms with Crippen molar-refractivity contribution in [1.29, 1.82) is 0 Å². The van der Waals surface area contributed by atoms with E-state index in [2.05, 4.69) is 20.5 Å². The van der Waals surface area contributed by atoms with Gasteiger partial charge in [-0.15, -0.1) is 11.3 Å². The first-order valence-electron chi connectivity index (χ1n) is 5.59. The van der Waals surface area contributed by atoms with Gasteiger partial charge in [-0.2, -0.15) is 5.10 Å². The number of oxazole rings is 1. The summed E-state index contributed by atoms with van der Waals surface area (Å²) in [7, 11) is 0. The molecule has 0 amide bonds. The molecule has 0 radical (unpaired) electrons. The van der Waals surface area contributed by atoms with Gasteiger partial charge in [0.2, 0.25) is 0 Å². The van der Waals surface area contributed by atoms with Crippen molar-refractivity contribution in [1.82, 2.24) is 9.97 Å². The number of nitrogens with one attached hydrogen (secondary N) is 1. The average molecular weight is 270 g/mol. The molecular weight excluding hydrogens is 260 g/mol. The molecule has 3 aromatic rings. The predicted octanol–water partition coefficient (Wildman–Crippen LogP) is 3.24. The summed E-state index contributed by atoms with van der Waals surface area (Å²) in [5, 5.41) is 6.89. The highest BCUT2D eigenvalue weighted by Crippen LogP contribution is 2.20. The molecule has 0 fully saturated rings. The maximum Gasteiger partial charge on any atom is 0.181 e. The monoisotopic (exact) mass is 270 g/mol. The maximum atomic E-state index is 5.22. The topological polar surface area (TPSA) is 63.3 Å². The molecule has 2 heterocycles. The lowest BCUT2D eigenvalue weighted by molar-refractivity contribution is 0.572. The van der Waals surface area contributed by atoms with Crippen LogP contribution < -0.4 is 5.43 Å². The zero-order valence-corrected chi connectivity index (χ0v) is 10.7. The number of benzene rings is 1. The summed E-state index contributed by atoms with van der Waals surface area (Å²) in [4.78, 5) is 7.99. The van der Waals surface area contributed by atoms with Crippen LogP contribution in [-0.2, 0) is 0 Å². The minimum Gasteiger partial charge on any atom is -0.444 e. The Morgan fingerprint density at radius 3 is 2.84 bits per heavy atom. The number of anilines is 1. The molecule has 0 spiro atoms. The molecule has 3 rings (SSSR count). The Hall–Kier alpha value is -2.47. The van der Waals surface area contributed by atoms with E-state index in [-0.39, 0.29) is 0 Å². The van der Waals surface area contributed by atoms with Crippen molar-refractivity contribution in [2.45, 2.75) is 0 Å². The summed E-state index contributed by atoms with van der Waals surface area (Å²) < 4.78 is 5.22. The normalized spacial score (nSPS) is 10.9. The van der Waals surface area contributed by atoms with Crippen LogP contribution in [0.1, 0.15) is 5.01 Å². The van der Waals surface area contributed by atoms with E-state index in [4.69, 9.17) is 4.42 Å². The second-order valence-electron chi connectivity index (χ2n) is 3.68. The van der Waals surface area contributed by atoms with Crippen LogP contribution in [0.25, 0.3) is 11.3 Å². The summed E-state index contributed by atoms with van der Waals surface area (Å²) in [6.45, 7) is 0. The Labute approximate surface area is 113 Å². The van der Waals surface area contributed by atoms with Crippen molar-refractivity contribution in [3.05, 3.63) is 53.4 Å². The largest absolute Gasteiger partial charge is 0.444 e. The Morgan fingerprint density at radius 1 is 1.26 bits per heavy atom. The minimum atomic E-state index is 0.748. The summed E-state index contributed by atoms with van der Waals surface area (Å²) in [6.07, 6.45) is 6.54. The van der Waals surface area contributed by atoms with E-state index in [1.807, 2.05) is 29.6 Å². The lowest BCUT2D eigenvalue weighted by atomic mass is 10.2. The van der Waals surface area contributed by atoms with Crippen molar-refractivity contribution >= 4 is 23.2 Å². The third-order valence-electron chi connectivity index (χ3n) is 2.42. The number of nitrogens with zero attached hydrogens (tertiary/aromatic N) is 3. The SMILES string of the molecule is C(=N\Nc1ccc(-c2cnco2)cc1)/c1nccs1. The van der Waals surface area contributed by atoms with Gasteiger partial charge in [0, 0.05) is 17.1 Å². The van der Waals surface area contributed by atoms with Crippen LogP contribution in [0.5, 0.6) is 0 Å². The van der Waals surface area contributed by atoms with E-state index in [9.17, 15) is 0 Å². The van der Waals surface area contributed by atoms with E-state index >= 15 is 0 Å². The second-order valence-corrected chi connectivity index (χ2v) is 4.61. The number of hydrogen-bond donors (Lipinski definition) is 1. The number of hydrogen-bond acceptors (Lipinski definition) is 6. The zero-order chi connectivity index (χ0) is 12.9. The molecule has 5 nitrogen and oxygen atoms in total. The highest BCUT2D eigenvalue weighted by atomic mass is 32.1. The fraction of sp³-hybridized carbons (Fsp3) is 0. The molecule has 0 aliphatic carbocycles. The molecule has 0 atom stereocenters. The van der Waals surface area contributed by atoms with Gasteiger partial charge in [-0.25, -0.2) is 9.97 Å². The van der Waals surface area contributed by atoms with E-state index < -0.39 is 0 Å². The predicted molar refractivity (Wildman–Crippen MR) is 75.3 cm³/mol. The Kier molecular flexibility index (Phi) is 3.33. The van der Waals surface area contributed by atoms with Crippen LogP contribution in [0.15, 0.2) is 58.0 Å². The molecule has 19 heavy (non-hydrogen) atoms. The summed E-state index contributed by atoms with van der Waals surface area (Å²) >= 11 is 1.54. The van der Waals surface area contributed by atoms with Gasteiger partial charge in [0.05, 0.1) is 18.1 Å². The molecule has 2 aromatic heterocycles. The Balaban J connectivity index is 1.66. The fourth-order valence-electron chi connectivity index (χ4n) is 1.53. The molecular formula is C13H10N4OS. The Morgan fingerprint density at radius 2 is 2.16 bits per heavy atom. The van der Waals surface area contributed by atoms with E-state index in [0.29, 0.717) is 0 Å². The number of aromatic nitrogens is 2. The maximum absolute atomic E-state index is 5.22. The highest BCUT2D eigenvalue weighted by molar-refractivity contribution is 7.11. The molecule has 0 saturated heterocycles. The molecule has 0 unspecified atom stereocenters. The quantitative estimate of drug-likeness (QED) is 0.584. The molecule has 0 saturated carbocycles. The van der Waals surface area contributed by atoms with Crippen molar-refractivity contribution < 1.29 is 4.42 Å². The fourth-order valence-corrected chi connectivity index (χ4v) is 2.02. The van der Waals surface area contributed by atoms with Crippen LogP contribution in [0.2, 0.25) is 0 Å². The summed E-state index contributed by atoms with van der Waals surface area (Å²) in [5.74, 6) is 0.748. The first-order chi connectivity index (χ1) is 9.42. The molecule has 0 aliphatic heterocycles. The van der Waals surface area contributed by atoms with Gasteiger partial charge in [0.1, 0.15) is 5.01 Å². The number of hydrazone groups is 1. The third kappa shape index (κ3) is 2.86. The van der Waals surface area contributed by atoms with Gasteiger partial charge in [0.25, 0.3) is 0 Å². The van der Waals surface area contributed by atoms with Crippen LogP contribution in [0.4, 0.5) is 5.69 Å². The van der Waals surface area contributed by atoms with Crippen LogP contribution in [0, 0.1) is 0 Å². The summed E-state index contributed by atoms with van der Waals surface area (Å²) in [6, 6.07) is 7.75.